The normalized spacial score (nSPS) is 10.2. The van der Waals surface area contributed by atoms with Crippen molar-refractivity contribution in [3.05, 3.63) is 52.5 Å². The lowest BCUT2D eigenvalue weighted by molar-refractivity contribution is -0.116. The molecule has 0 fully saturated rings. The van der Waals surface area contributed by atoms with Crippen molar-refractivity contribution in [1.82, 2.24) is 0 Å². The van der Waals surface area contributed by atoms with Gasteiger partial charge in [-0.25, -0.2) is 0 Å². The summed E-state index contributed by atoms with van der Waals surface area (Å²) in [7, 11) is 1.69. The molecule has 2 rings (SSSR count). The molecule has 24 heavy (non-hydrogen) atoms. The zero-order valence-corrected chi connectivity index (χ0v) is 14.8. The first kappa shape index (κ1) is 18.1. The molecule has 2 aromatic rings. The van der Waals surface area contributed by atoms with Crippen LogP contribution in [0.3, 0.4) is 0 Å². The lowest BCUT2D eigenvalue weighted by Crippen LogP contribution is -2.23. The van der Waals surface area contributed by atoms with Crippen molar-refractivity contribution in [3.63, 3.8) is 0 Å². The van der Waals surface area contributed by atoms with Crippen LogP contribution in [0.1, 0.15) is 6.92 Å². The van der Waals surface area contributed by atoms with Gasteiger partial charge in [-0.1, -0.05) is 23.2 Å². The number of carbonyl (C=O) groups excluding carboxylic acids is 2. The molecule has 0 aromatic heterocycles. The molecule has 0 aliphatic carbocycles. The minimum atomic E-state index is -0.209. The fourth-order valence-corrected chi connectivity index (χ4v) is 2.52. The van der Waals surface area contributed by atoms with Gasteiger partial charge in [0.1, 0.15) is 0 Å². The standard InChI is InChI=1S/C17H17Cl2N3O2/c1-11(23)22(2)16-5-3-14(4-6-16)21-17(24)10-20-15-8-12(18)7-13(19)9-15/h3-9,20H,10H2,1-2H3,(H,21,24). The van der Waals surface area contributed by atoms with Crippen molar-refractivity contribution >= 4 is 52.1 Å². The monoisotopic (exact) mass is 365 g/mol. The van der Waals surface area contributed by atoms with E-state index in [1.807, 2.05) is 0 Å². The van der Waals surface area contributed by atoms with Gasteiger partial charge in [0.05, 0.1) is 6.54 Å². The zero-order chi connectivity index (χ0) is 17.7. The molecule has 0 bridgehead atoms. The van der Waals surface area contributed by atoms with Crippen molar-refractivity contribution in [3.8, 4) is 0 Å². The molecule has 0 heterocycles. The predicted octanol–water partition coefficient (Wildman–Crippen LogP) is 4.03. The summed E-state index contributed by atoms with van der Waals surface area (Å²) >= 11 is 11.8. The van der Waals surface area contributed by atoms with E-state index in [2.05, 4.69) is 10.6 Å². The number of rotatable bonds is 5. The van der Waals surface area contributed by atoms with Crippen molar-refractivity contribution < 1.29 is 9.59 Å². The average Bonchev–Trinajstić information content (AvgIpc) is 2.52. The van der Waals surface area contributed by atoms with E-state index in [4.69, 9.17) is 23.2 Å². The third-order valence-corrected chi connectivity index (χ3v) is 3.76. The molecule has 2 amide bonds. The van der Waals surface area contributed by atoms with Crippen LogP contribution >= 0.6 is 23.2 Å². The Kier molecular flexibility index (Phi) is 6.06. The molecule has 0 radical (unpaired) electrons. The van der Waals surface area contributed by atoms with Gasteiger partial charge >= 0.3 is 0 Å². The van der Waals surface area contributed by atoms with Gasteiger partial charge in [0.15, 0.2) is 0 Å². The Morgan fingerprint density at radius 2 is 1.58 bits per heavy atom. The second-order valence-corrected chi connectivity index (χ2v) is 6.06. The highest BCUT2D eigenvalue weighted by atomic mass is 35.5. The van der Waals surface area contributed by atoms with Crippen molar-refractivity contribution in [2.24, 2.45) is 0 Å². The quantitative estimate of drug-likeness (QED) is 0.840. The topological polar surface area (TPSA) is 61.4 Å². The first-order valence-corrected chi connectivity index (χ1v) is 7.95. The summed E-state index contributed by atoms with van der Waals surface area (Å²) < 4.78 is 0. The van der Waals surface area contributed by atoms with Gasteiger partial charge in [-0.15, -0.1) is 0 Å². The maximum Gasteiger partial charge on any atom is 0.243 e. The van der Waals surface area contributed by atoms with Crippen molar-refractivity contribution in [1.29, 1.82) is 0 Å². The Labute approximate surface area is 150 Å². The molecule has 0 spiro atoms. The number of carbonyl (C=O) groups is 2. The van der Waals surface area contributed by atoms with Gasteiger partial charge < -0.3 is 15.5 Å². The molecule has 0 saturated heterocycles. The van der Waals surface area contributed by atoms with Crippen LogP contribution in [0.5, 0.6) is 0 Å². The van der Waals surface area contributed by atoms with E-state index < -0.39 is 0 Å². The third kappa shape index (κ3) is 5.15. The van der Waals surface area contributed by atoms with Gasteiger partial charge in [-0.2, -0.15) is 0 Å². The number of nitrogens with zero attached hydrogens (tertiary/aromatic N) is 1. The number of halogens is 2. The lowest BCUT2D eigenvalue weighted by Gasteiger charge is -2.15. The molecule has 0 aliphatic heterocycles. The summed E-state index contributed by atoms with van der Waals surface area (Å²) in [6.07, 6.45) is 0. The van der Waals surface area contributed by atoms with Crippen molar-refractivity contribution in [2.75, 3.05) is 29.1 Å². The van der Waals surface area contributed by atoms with E-state index in [0.29, 0.717) is 21.4 Å². The second-order valence-electron chi connectivity index (χ2n) is 5.18. The largest absolute Gasteiger partial charge is 0.376 e. The number of amides is 2. The SMILES string of the molecule is CC(=O)N(C)c1ccc(NC(=O)CNc2cc(Cl)cc(Cl)c2)cc1. The van der Waals surface area contributed by atoms with E-state index >= 15 is 0 Å². The number of benzene rings is 2. The third-order valence-electron chi connectivity index (χ3n) is 3.33. The molecule has 2 N–H and O–H groups in total. The molecular formula is C17H17Cl2N3O2. The molecule has 0 saturated carbocycles. The summed E-state index contributed by atoms with van der Waals surface area (Å²) in [5.74, 6) is -0.269. The fourth-order valence-electron chi connectivity index (χ4n) is 1.99. The maximum absolute atomic E-state index is 12.0. The highest BCUT2D eigenvalue weighted by Crippen LogP contribution is 2.22. The highest BCUT2D eigenvalue weighted by molar-refractivity contribution is 6.35. The maximum atomic E-state index is 12.0. The van der Waals surface area contributed by atoms with E-state index in [-0.39, 0.29) is 18.4 Å². The summed E-state index contributed by atoms with van der Waals surface area (Å²) in [4.78, 5) is 24.8. The minimum absolute atomic E-state index is 0.0591. The average molecular weight is 366 g/mol. The molecule has 0 atom stereocenters. The molecule has 0 aliphatic rings. The zero-order valence-electron chi connectivity index (χ0n) is 13.3. The van der Waals surface area contributed by atoms with Crippen LogP contribution < -0.4 is 15.5 Å². The Balaban J connectivity index is 1.91. The van der Waals surface area contributed by atoms with Gasteiger partial charge in [-0.05, 0) is 42.5 Å². The molecule has 0 unspecified atom stereocenters. The van der Waals surface area contributed by atoms with E-state index in [1.54, 1.807) is 49.5 Å². The molecule has 7 heteroatoms. The van der Waals surface area contributed by atoms with Gasteiger partial charge in [0, 0.05) is 41.1 Å². The van der Waals surface area contributed by atoms with Crippen LogP contribution in [-0.4, -0.2) is 25.4 Å². The number of hydrogen-bond acceptors (Lipinski definition) is 3. The Morgan fingerprint density at radius 1 is 1.00 bits per heavy atom. The minimum Gasteiger partial charge on any atom is -0.376 e. The Bertz CT molecular complexity index is 728. The summed E-state index contributed by atoms with van der Waals surface area (Å²) in [5, 5.41) is 6.71. The molecule has 2 aromatic carbocycles. The van der Waals surface area contributed by atoms with Crippen molar-refractivity contribution in [2.45, 2.75) is 6.92 Å². The van der Waals surface area contributed by atoms with Gasteiger partial charge in [0.25, 0.3) is 0 Å². The number of anilines is 3. The van der Waals surface area contributed by atoms with Crippen LogP contribution in [-0.2, 0) is 9.59 Å². The van der Waals surface area contributed by atoms with E-state index in [1.165, 1.54) is 11.8 Å². The van der Waals surface area contributed by atoms with Crippen LogP contribution in [0.25, 0.3) is 0 Å². The summed E-state index contributed by atoms with van der Waals surface area (Å²) in [6, 6.07) is 12.0. The van der Waals surface area contributed by atoms with E-state index in [0.717, 1.165) is 5.69 Å². The highest BCUT2D eigenvalue weighted by Gasteiger charge is 2.07. The van der Waals surface area contributed by atoms with E-state index in [9.17, 15) is 9.59 Å². The second kappa shape index (κ2) is 8.04. The number of nitrogens with one attached hydrogen (secondary N) is 2. The lowest BCUT2D eigenvalue weighted by atomic mass is 10.2. The molecule has 126 valence electrons. The van der Waals surface area contributed by atoms with Crippen LogP contribution in [0.15, 0.2) is 42.5 Å². The number of hydrogen-bond donors (Lipinski definition) is 2. The predicted molar refractivity (Wildman–Crippen MR) is 99.1 cm³/mol. The van der Waals surface area contributed by atoms with Crippen LogP contribution in [0, 0.1) is 0 Å². The molecule has 5 nitrogen and oxygen atoms in total. The van der Waals surface area contributed by atoms with Crippen LogP contribution in [0.4, 0.5) is 17.1 Å². The smallest absolute Gasteiger partial charge is 0.243 e. The van der Waals surface area contributed by atoms with Gasteiger partial charge in [-0.3, -0.25) is 9.59 Å². The summed E-state index contributed by atoms with van der Waals surface area (Å²) in [6.45, 7) is 1.56. The van der Waals surface area contributed by atoms with Gasteiger partial charge in [0.2, 0.25) is 11.8 Å². The summed E-state index contributed by atoms with van der Waals surface area (Å²) in [5.41, 5.74) is 2.07. The first-order valence-electron chi connectivity index (χ1n) is 7.19. The fraction of sp³-hybridized carbons (Fsp3) is 0.176. The Hall–Kier alpha value is -2.24. The van der Waals surface area contributed by atoms with Crippen LogP contribution in [0.2, 0.25) is 10.0 Å². The molecular weight excluding hydrogens is 349 g/mol. The first-order chi connectivity index (χ1) is 11.3. The Morgan fingerprint density at radius 3 is 2.12 bits per heavy atom.